The number of thiophene rings is 1. The Labute approximate surface area is 161 Å². The van der Waals surface area contributed by atoms with Crippen molar-refractivity contribution >= 4 is 33.7 Å². The number of benzene rings is 1. The van der Waals surface area contributed by atoms with Crippen LogP contribution in [0.4, 0.5) is 5.13 Å². The van der Waals surface area contributed by atoms with Gasteiger partial charge in [0.2, 0.25) is 5.91 Å². The van der Waals surface area contributed by atoms with Gasteiger partial charge in [0, 0.05) is 22.2 Å². The maximum atomic E-state index is 12.2. The van der Waals surface area contributed by atoms with Crippen molar-refractivity contribution in [3.05, 3.63) is 51.5 Å². The number of hydrogen-bond donors (Lipinski definition) is 1. The number of anilines is 1. The summed E-state index contributed by atoms with van der Waals surface area (Å²) in [6.07, 6.45) is 3.51. The highest BCUT2D eigenvalue weighted by Crippen LogP contribution is 2.26. The van der Waals surface area contributed by atoms with Gasteiger partial charge in [-0.15, -0.1) is 22.7 Å². The van der Waals surface area contributed by atoms with E-state index < -0.39 is 0 Å². The van der Waals surface area contributed by atoms with Crippen molar-refractivity contribution in [1.82, 2.24) is 4.98 Å². The summed E-state index contributed by atoms with van der Waals surface area (Å²) in [5.74, 6) is 0.819. The molecule has 136 valence electrons. The third kappa shape index (κ3) is 4.93. The number of aromatic nitrogens is 1. The Hall–Kier alpha value is -2.18. The van der Waals surface area contributed by atoms with Crippen LogP contribution in [-0.4, -0.2) is 18.0 Å². The van der Waals surface area contributed by atoms with Crippen molar-refractivity contribution in [2.75, 3.05) is 12.4 Å². The van der Waals surface area contributed by atoms with Gasteiger partial charge in [-0.1, -0.05) is 13.3 Å². The van der Waals surface area contributed by atoms with E-state index in [4.69, 9.17) is 4.74 Å². The molecule has 0 unspecified atom stereocenters. The summed E-state index contributed by atoms with van der Waals surface area (Å²) >= 11 is 3.18. The molecule has 0 saturated carbocycles. The SMILES string of the molecule is CCCc1csc(CCC(=O)Nc2nc(-c3ccc(OC)cc3)cs2)c1. The van der Waals surface area contributed by atoms with Gasteiger partial charge >= 0.3 is 0 Å². The van der Waals surface area contributed by atoms with Crippen LogP contribution in [0.2, 0.25) is 0 Å². The van der Waals surface area contributed by atoms with Crippen molar-refractivity contribution in [2.24, 2.45) is 0 Å². The molecule has 0 saturated heterocycles. The van der Waals surface area contributed by atoms with Crippen LogP contribution in [0.3, 0.4) is 0 Å². The number of carbonyl (C=O) groups is 1. The van der Waals surface area contributed by atoms with Gasteiger partial charge in [-0.05, 0) is 54.1 Å². The fourth-order valence-corrected chi connectivity index (χ4v) is 4.28. The number of ether oxygens (including phenoxy) is 1. The second kappa shape index (κ2) is 8.96. The molecule has 26 heavy (non-hydrogen) atoms. The standard InChI is InChI=1S/C20H22N2O2S2/c1-3-4-14-11-17(25-12-14)9-10-19(23)22-20-21-18(13-26-20)15-5-7-16(24-2)8-6-15/h5-8,11-13H,3-4,9-10H2,1-2H3,(H,21,22,23). The molecule has 1 aromatic carbocycles. The van der Waals surface area contributed by atoms with E-state index in [0.717, 1.165) is 36.3 Å². The van der Waals surface area contributed by atoms with E-state index >= 15 is 0 Å². The molecule has 2 aromatic heterocycles. The fraction of sp³-hybridized carbons (Fsp3) is 0.300. The Bertz CT molecular complexity index is 853. The Balaban J connectivity index is 1.53. The summed E-state index contributed by atoms with van der Waals surface area (Å²) in [7, 11) is 1.65. The average molecular weight is 387 g/mol. The lowest BCUT2D eigenvalue weighted by molar-refractivity contribution is -0.116. The molecule has 3 aromatic rings. The van der Waals surface area contributed by atoms with E-state index in [9.17, 15) is 4.79 Å². The average Bonchev–Trinajstić information content (AvgIpc) is 3.30. The van der Waals surface area contributed by atoms with Crippen LogP contribution >= 0.6 is 22.7 Å². The van der Waals surface area contributed by atoms with Gasteiger partial charge < -0.3 is 10.1 Å². The van der Waals surface area contributed by atoms with Crippen molar-refractivity contribution in [3.63, 3.8) is 0 Å². The third-order valence-corrected chi connectivity index (χ3v) is 5.78. The maximum Gasteiger partial charge on any atom is 0.226 e. The Kier molecular flexibility index (Phi) is 6.41. The summed E-state index contributed by atoms with van der Waals surface area (Å²) in [5, 5.41) is 7.69. The molecule has 0 aliphatic carbocycles. The summed E-state index contributed by atoms with van der Waals surface area (Å²) in [4.78, 5) is 18.0. The highest BCUT2D eigenvalue weighted by atomic mass is 32.1. The molecular formula is C20H22N2O2S2. The van der Waals surface area contributed by atoms with Crippen LogP contribution in [-0.2, 0) is 17.6 Å². The normalized spacial score (nSPS) is 10.7. The second-order valence-corrected chi connectivity index (χ2v) is 7.84. The molecule has 6 heteroatoms. The third-order valence-electron chi connectivity index (χ3n) is 3.98. The predicted octanol–water partition coefficient (Wildman–Crippen LogP) is 5.40. The molecule has 4 nitrogen and oxygen atoms in total. The Morgan fingerprint density at radius 1 is 1.15 bits per heavy atom. The minimum Gasteiger partial charge on any atom is -0.497 e. The maximum absolute atomic E-state index is 12.2. The van der Waals surface area contributed by atoms with E-state index in [1.165, 1.54) is 21.8 Å². The van der Waals surface area contributed by atoms with Crippen LogP contribution in [0.15, 0.2) is 41.1 Å². The quantitative estimate of drug-likeness (QED) is 0.563. The number of nitrogens with one attached hydrogen (secondary N) is 1. The molecule has 0 aliphatic heterocycles. The first-order chi connectivity index (χ1) is 12.7. The number of carbonyl (C=O) groups excluding carboxylic acids is 1. The first-order valence-electron chi connectivity index (χ1n) is 8.64. The van der Waals surface area contributed by atoms with Crippen LogP contribution in [0.5, 0.6) is 5.75 Å². The number of methoxy groups -OCH3 is 1. The lowest BCUT2D eigenvalue weighted by Gasteiger charge is -2.01. The summed E-state index contributed by atoms with van der Waals surface area (Å²) in [6, 6.07) is 9.95. The van der Waals surface area contributed by atoms with E-state index in [1.54, 1.807) is 18.4 Å². The molecule has 2 heterocycles. The van der Waals surface area contributed by atoms with Crippen molar-refractivity contribution in [1.29, 1.82) is 0 Å². The number of thiazole rings is 1. The number of amides is 1. The molecule has 1 amide bonds. The van der Waals surface area contributed by atoms with Gasteiger partial charge in [0.15, 0.2) is 5.13 Å². The monoisotopic (exact) mass is 386 g/mol. The van der Waals surface area contributed by atoms with Crippen molar-refractivity contribution < 1.29 is 9.53 Å². The van der Waals surface area contributed by atoms with Crippen molar-refractivity contribution in [2.45, 2.75) is 32.6 Å². The smallest absolute Gasteiger partial charge is 0.226 e. The number of aryl methyl sites for hydroxylation is 2. The summed E-state index contributed by atoms with van der Waals surface area (Å²) in [6.45, 7) is 2.18. The fourth-order valence-electron chi connectivity index (χ4n) is 2.62. The highest BCUT2D eigenvalue weighted by molar-refractivity contribution is 7.14. The molecule has 3 rings (SSSR count). The van der Waals surface area contributed by atoms with Gasteiger partial charge in [0.1, 0.15) is 5.75 Å². The lowest BCUT2D eigenvalue weighted by Crippen LogP contribution is -2.11. The number of hydrogen-bond acceptors (Lipinski definition) is 5. The van der Waals surface area contributed by atoms with Crippen molar-refractivity contribution in [3.8, 4) is 17.0 Å². The van der Waals surface area contributed by atoms with Gasteiger partial charge in [-0.25, -0.2) is 4.98 Å². The molecular weight excluding hydrogens is 364 g/mol. The molecule has 0 fully saturated rings. The van der Waals surface area contributed by atoms with Gasteiger partial charge in [0.25, 0.3) is 0 Å². The van der Waals surface area contributed by atoms with Crippen LogP contribution in [0.1, 0.15) is 30.2 Å². The van der Waals surface area contributed by atoms with E-state index in [-0.39, 0.29) is 5.91 Å². The Morgan fingerprint density at radius 2 is 1.96 bits per heavy atom. The van der Waals surface area contributed by atoms with Crippen LogP contribution < -0.4 is 10.1 Å². The topological polar surface area (TPSA) is 51.2 Å². The van der Waals surface area contributed by atoms with E-state index in [0.29, 0.717) is 11.6 Å². The first kappa shape index (κ1) is 18.6. The molecule has 0 spiro atoms. The zero-order chi connectivity index (χ0) is 18.4. The minimum absolute atomic E-state index is 0.00562. The second-order valence-electron chi connectivity index (χ2n) is 5.99. The number of rotatable bonds is 8. The zero-order valence-electron chi connectivity index (χ0n) is 15.0. The lowest BCUT2D eigenvalue weighted by atomic mass is 10.1. The molecule has 0 aliphatic rings. The van der Waals surface area contributed by atoms with Crippen LogP contribution in [0, 0.1) is 0 Å². The molecule has 0 radical (unpaired) electrons. The van der Waals surface area contributed by atoms with Gasteiger partial charge in [-0.3, -0.25) is 4.79 Å². The van der Waals surface area contributed by atoms with E-state index in [1.807, 2.05) is 29.6 Å². The largest absolute Gasteiger partial charge is 0.497 e. The zero-order valence-corrected chi connectivity index (χ0v) is 16.6. The first-order valence-corrected chi connectivity index (χ1v) is 10.4. The van der Waals surface area contributed by atoms with Gasteiger partial charge in [-0.2, -0.15) is 0 Å². The molecule has 1 N–H and O–H groups in total. The van der Waals surface area contributed by atoms with E-state index in [2.05, 4.69) is 28.7 Å². The predicted molar refractivity (Wildman–Crippen MR) is 109 cm³/mol. The van der Waals surface area contributed by atoms with Gasteiger partial charge in [0.05, 0.1) is 12.8 Å². The summed E-state index contributed by atoms with van der Waals surface area (Å²) < 4.78 is 5.17. The number of nitrogens with zero attached hydrogens (tertiary/aromatic N) is 1. The Morgan fingerprint density at radius 3 is 2.69 bits per heavy atom. The molecule has 0 bridgehead atoms. The minimum atomic E-state index is 0.00562. The summed E-state index contributed by atoms with van der Waals surface area (Å²) in [5.41, 5.74) is 3.23. The molecule has 0 atom stereocenters. The highest BCUT2D eigenvalue weighted by Gasteiger charge is 2.09. The van der Waals surface area contributed by atoms with Crippen LogP contribution in [0.25, 0.3) is 11.3 Å².